The van der Waals surface area contributed by atoms with Gasteiger partial charge < -0.3 is 19.3 Å². The standard InChI is InChI=1S/C21H34N2O4/c1-17-5-7-22(8-6-17)14-18-3-4-20(21(13-18)25-2)27-16-19(24)15-23-9-11-26-12-10-23/h3-4,13,17,19,24H,5-12,14-16H2,1-2H3. The molecule has 0 aliphatic carbocycles. The van der Waals surface area contributed by atoms with Gasteiger partial charge in [0.1, 0.15) is 12.7 Å². The van der Waals surface area contributed by atoms with Crippen molar-refractivity contribution in [1.82, 2.24) is 9.80 Å². The fourth-order valence-electron chi connectivity index (χ4n) is 3.73. The topological polar surface area (TPSA) is 54.4 Å². The Morgan fingerprint density at radius 1 is 1.11 bits per heavy atom. The van der Waals surface area contributed by atoms with Crippen molar-refractivity contribution in [2.45, 2.75) is 32.4 Å². The van der Waals surface area contributed by atoms with Crippen molar-refractivity contribution < 1.29 is 19.3 Å². The van der Waals surface area contributed by atoms with Crippen LogP contribution in [0.1, 0.15) is 25.3 Å². The molecule has 152 valence electrons. The second-order valence-electron chi connectivity index (χ2n) is 7.82. The van der Waals surface area contributed by atoms with Crippen LogP contribution in [-0.2, 0) is 11.3 Å². The molecule has 1 aromatic rings. The molecule has 2 aliphatic rings. The Morgan fingerprint density at radius 3 is 2.56 bits per heavy atom. The highest BCUT2D eigenvalue weighted by Crippen LogP contribution is 2.29. The highest BCUT2D eigenvalue weighted by molar-refractivity contribution is 5.43. The average molecular weight is 379 g/mol. The lowest BCUT2D eigenvalue weighted by molar-refractivity contribution is 0.00445. The third kappa shape index (κ3) is 6.35. The first-order valence-corrected chi connectivity index (χ1v) is 10.1. The minimum Gasteiger partial charge on any atom is -0.493 e. The lowest BCUT2D eigenvalue weighted by atomic mass is 9.99. The zero-order valence-corrected chi connectivity index (χ0v) is 16.7. The van der Waals surface area contributed by atoms with E-state index in [0.717, 1.165) is 57.6 Å². The van der Waals surface area contributed by atoms with E-state index in [1.165, 1.54) is 18.4 Å². The normalized spacial score (nSPS) is 21.1. The number of morpholine rings is 1. The van der Waals surface area contributed by atoms with Crippen LogP contribution in [0.15, 0.2) is 18.2 Å². The molecule has 1 unspecified atom stereocenters. The van der Waals surface area contributed by atoms with E-state index in [0.29, 0.717) is 12.3 Å². The van der Waals surface area contributed by atoms with Crippen LogP contribution in [0.5, 0.6) is 11.5 Å². The summed E-state index contributed by atoms with van der Waals surface area (Å²) in [6.45, 7) is 9.68. The largest absolute Gasteiger partial charge is 0.493 e. The Kier molecular flexibility index (Phi) is 7.76. The minimum absolute atomic E-state index is 0.261. The maximum atomic E-state index is 10.3. The van der Waals surface area contributed by atoms with Crippen LogP contribution < -0.4 is 9.47 Å². The molecule has 0 bridgehead atoms. The van der Waals surface area contributed by atoms with Gasteiger partial charge in [-0.25, -0.2) is 0 Å². The van der Waals surface area contributed by atoms with Crippen LogP contribution in [0.3, 0.4) is 0 Å². The minimum atomic E-state index is -0.525. The molecule has 2 aliphatic heterocycles. The summed E-state index contributed by atoms with van der Waals surface area (Å²) in [5, 5.41) is 10.3. The molecule has 2 saturated heterocycles. The molecule has 2 heterocycles. The van der Waals surface area contributed by atoms with Crippen molar-refractivity contribution >= 4 is 0 Å². The van der Waals surface area contributed by atoms with E-state index < -0.39 is 6.10 Å². The SMILES string of the molecule is COc1cc(CN2CCC(C)CC2)ccc1OCC(O)CN1CCOCC1. The quantitative estimate of drug-likeness (QED) is 0.747. The Balaban J connectivity index is 1.49. The number of likely N-dealkylation sites (tertiary alicyclic amines) is 1. The monoisotopic (exact) mass is 378 g/mol. The van der Waals surface area contributed by atoms with Crippen LogP contribution in [0.4, 0.5) is 0 Å². The summed E-state index contributed by atoms with van der Waals surface area (Å²) in [5.41, 5.74) is 1.24. The fraction of sp³-hybridized carbons (Fsp3) is 0.714. The molecule has 1 atom stereocenters. The van der Waals surface area contributed by atoms with Gasteiger partial charge in [0.15, 0.2) is 11.5 Å². The number of ether oxygens (including phenoxy) is 3. The average Bonchev–Trinajstić information content (AvgIpc) is 2.69. The summed E-state index contributed by atoms with van der Waals surface area (Å²) in [6.07, 6.45) is 2.03. The molecule has 6 heteroatoms. The fourth-order valence-corrected chi connectivity index (χ4v) is 3.73. The van der Waals surface area contributed by atoms with E-state index in [-0.39, 0.29) is 6.61 Å². The first-order valence-electron chi connectivity index (χ1n) is 10.1. The maximum Gasteiger partial charge on any atom is 0.161 e. The highest BCUT2D eigenvalue weighted by Gasteiger charge is 2.18. The molecule has 0 spiro atoms. The predicted octanol–water partition coefficient (Wildman–Crippen LogP) is 2.00. The van der Waals surface area contributed by atoms with Gasteiger partial charge in [0, 0.05) is 26.2 Å². The third-order valence-electron chi connectivity index (χ3n) is 5.51. The molecule has 3 rings (SSSR count). The molecule has 0 amide bonds. The van der Waals surface area contributed by atoms with Gasteiger partial charge in [-0.1, -0.05) is 13.0 Å². The first kappa shape index (κ1) is 20.4. The molecule has 0 saturated carbocycles. The van der Waals surface area contributed by atoms with E-state index in [2.05, 4.69) is 28.9 Å². The predicted molar refractivity (Wildman–Crippen MR) is 105 cm³/mol. The molecule has 27 heavy (non-hydrogen) atoms. The van der Waals surface area contributed by atoms with Crippen molar-refractivity contribution in [3.63, 3.8) is 0 Å². The molecule has 2 fully saturated rings. The molecular weight excluding hydrogens is 344 g/mol. The summed E-state index contributed by atoms with van der Waals surface area (Å²) < 4.78 is 16.7. The molecule has 0 aromatic heterocycles. The Labute approximate surface area is 163 Å². The number of aliphatic hydroxyl groups is 1. The van der Waals surface area contributed by atoms with Crippen LogP contribution in [0.25, 0.3) is 0 Å². The van der Waals surface area contributed by atoms with E-state index in [9.17, 15) is 5.11 Å². The van der Waals surface area contributed by atoms with E-state index in [4.69, 9.17) is 14.2 Å². The lowest BCUT2D eigenvalue weighted by Crippen LogP contribution is -2.42. The summed E-state index contributed by atoms with van der Waals surface area (Å²) in [7, 11) is 1.67. The van der Waals surface area contributed by atoms with Gasteiger partial charge in [-0.05, 0) is 49.5 Å². The number of hydrogen-bond donors (Lipinski definition) is 1. The summed E-state index contributed by atoms with van der Waals surface area (Å²) >= 11 is 0. The van der Waals surface area contributed by atoms with Crippen molar-refractivity contribution in [1.29, 1.82) is 0 Å². The van der Waals surface area contributed by atoms with Gasteiger partial charge in [0.2, 0.25) is 0 Å². The smallest absolute Gasteiger partial charge is 0.161 e. The van der Waals surface area contributed by atoms with Crippen molar-refractivity contribution in [2.75, 3.05) is 59.7 Å². The number of hydrogen-bond acceptors (Lipinski definition) is 6. The number of aliphatic hydroxyl groups excluding tert-OH is 1. The number of rotatable bonds is 8. The van der Waals surface area contributed by atoms with Gasteiger partial charge in [-0.2, -0.15) is 0 Å². The molecule has 0 radical (unpaired) electrons. The van der Waals surface area contributed by atoms with Gasteiger partial charge in [-0.3, -0.25) is 9.80 Å². The molecule has 1 N–H and O–H groups in total. The van der Waals surface area contributed by atoms with Crippen molar-refractivity contribution in [2.24, 2.45) is 5.92 Å². The van der Waals surface area contributed by atoms with E-state index in [1.54, 1.807) is 7.11 Å². The van der Waals surface area contributed by atoms with Crippen LogP contribution >= 0.6 is 0 Å². The van der Waals surface area contributed by atoms with Gasteiger partial charge in [0.05, 0.1) is 20.3 Å². The zero-order valence-electron chi connectivity index (χ0n) is 16.7. The first-order chi connectivity index (χ1) is 13.1. The van der Waals surface area contributed by atoms with Gasteiger partial charge >= 0.3 is 0 Å². The number of piperidine rings is 1. The van der Waals surface area contributed by atoms with Crippen molar-refractivity contribution in [3.05, 3.63) is 23.8 Å². The van der Waals surface area contributed by atoms with Crippen LogP contribution in [0, 0.1) is 5.92 Å². The van der Waals surface area contributed by atoms with Gasteiger partial charge in [0.25, 0.3) is 0 Å². The summed E-state index contributed by atoms with van der Waals surface area (Å²) in [5.74, 6) is 2.27. The molecular formula is C21H34N2O4. The van der Waals surface area contributed by atoms with E-state index in [1.807, 2.05) is 6.07 Å². The molecule has 6 nitrogen and oxygen atoms in total. The molecule has 1 aromatic carbocycles. The lowest BCUT2D eigenvalue weighted by Gasteiger charge is -2.30. The van der Waals surface area contributed by atoms with Crippen molar-refractivity contribution in [3.8, 4) is 11.5 Å². The number of benzene rings is 1. The third-order valence-corrected chi connectivity index (χ3v) is 5.51. The number of methoxy groups -OCH3 is 1. The van der Waals surface area contributed by atoms with Crippen LogP contribution in [0.2, 0.25) is 0 Å². The summed E-state index contributed by atoms with van der Waals surface area (Å²) in [4.78, 5) is 4.71. The Hall–Kier alpha value is -1.34. The number of nitrogens with zero attached hydrogens (tertiary/aromatic N) is 2. The Morgan fingerprint density at radius 2 is 1.85 bits per heavy atom. The second-order valence-corrected chi connectivity index (χ2v) is 7.82. The van der Waals surface area contributed by atoms with E-state index >= 15 is 0 Å². The van der Waals surface area contributed by atoms with Crippen LogP contribution in [-0.4, -0.2) is 80.7 Å². The zero-order chi connectivity index (χ0) is 19.1. The summed E-state index contributed by atoms with van der Waals surface area (Å²) in [6, 6.07) is 6.12. The van der Waals surface area contributed by atoms with Gasteiger partial charge in [-0.15, -0.1) is 0 Å². The maximum absolute atomic E-state index is 10.3. The number of β-amino-alcohol motifs (C(OH)–C–C–N with tert-alkyl or cyclic N) is 1. The highest BCUT2D eigenvalue weighted by atomic mass is 16.5. The second kappa shape index (κ2) is 10.3. The Bertz CT molecular complexity index is 569.